The molecular formula is C12H11N3S. The Morgan fingerprint density at radius 3 is 2.88 bits per heavy atom. The molecule has 16 heavy (non-hydrogen) atoms. The summed E-state index contributed by atoms with van der Waals surface area (Å²) in [5.74, 6) is 0.936. The molecule has 1 aliphatic rings. The third-order valence-corrected chi connectivity index (χ3v) is 3.51. The number of benzene rings is 1. The van der Waals surface area contributed by atoms with E-state index in [9.17, 15) is 0 Å². The van der Waals surface area contributed by atoms with Gasteiger partial charge < -0.3 is 0 Å². The molecule has 0 amide bonds. The van der Waals surface area contributed by atoms with Crippen LogP contribution in [0.5, 0.6) is 0 Å². The molecule has 80 valence electrons. The Kier molecular flexibility index (Phi) is 2.29. The monoisotopic (exact) mass is 229 g/mol. The van der Waals surface area contributed by atoms with Crippen molar-refractivity contribution in [2.75, 3.05) is 5.75 Å². The SMILES string of the molecule is CC1=Nn2cc(-c3ccccc3)nc2SC1. The summed E-state index contributed by atoms with van der Waals surface area (Å²) in [6.45, 7) is 2.04. The maximum absolute atomic E-state index is 4.57. The highest BCUT2D eigenvalue weighted by Gasteiger charge is 2.13. The molecule has 0 saturated carbocycles. The fourth-order valence-electron chi connectivity index (χ4n) is 1.65. The Balaban J connectivity index is 2.06. The van der Waals surface area contributed by atoms with Crippen molar-refractivity contribution in [2.45, 2.75) is 12.1 Å². The van der Waals surface area contributed by atoms with Gasteiger partial charge in [-0.2, -0.15) is 5.10 Å². The summed E-state index contributed by atoms with van der Waals surface area (Å²) >= 11 is 1.73. The van der Waals surface area contributed by atoms with Crippen LogP contribution in [0.3, 0.4) is 0 Å². The van der Waals surface area contributed by atoms with Gasteiger partial charge in [0.15, 0.2) is 5.16 Å². The van der Waals surface area contributed by atoms with E-state index in [0.717, 1.165) is 27.9 Å². The molecule has 0 N–H and O–H groups in total. The minimum atomic E-state index is 0.936. The first kappa shape index (κ1) is 9.66. The molecule has 0 bridgehead atoms. The molecule has 3 nitrogen and oxygen atoms in total. The number of aromatic nitrogens is 2. The van der Waals surface area contributed by atoms with Crippen LogP contribution in [0.2, 0.25) is 0 Å². The van der Waals surface area contributed by atoms with Crippen LogP contribution in [0.15, 0.2) is 46.8 Å². The Morgan fingerprint density at radius 2 is 2.06 bits per heavy atom. The molecule has 0 atom stereocenters. The van der Waals surface area contributed by atoms with Crippen LogP contribution in [-0.4, -0.2) is 21.1 Å². The smallest absolute Gasteiger partial charge is 0.189 e. The highest BCUT2D eigenvalue weighted by Crippen LogP contribution is 2.26. The highest BCUT2D eigenvalue weighted by atomic mass is 32.2. The maximum Gasteiger partial charge on any atom is 0.189 e. The summed E-state index contributed by atoms with van der Waals surface area (Å²) in [7, 11) is 0. The van der Waals surface area contributed by atoms with Crippen LogP contribution >= 0.6 is 11.8 Å². The van der Waals surface area contributed by atoms with Crippen molar-refractivity contribution in [2.24, 2.45) is 5.10 Å². The van der Waals surface area contributed by atoms with Gasteiger partial charge in [0.2, 0.25) is 0 Å². The van der Waals surface area contributed by atoms with Crippen molar-refractivity contribution in [1.82, 2.24) is 9.66 Å². The van der Waals surface area contributed by atoms with E-state index in [-0.39, 0.29) is 0 Å². The number of hydrogen-bond acceptors (Lipinski definition) is 3. The summed E-state index contributed by atoms with van der Waals surface area (Å²) in [5.41, 5.74) is 3.26. The minimum absolute atomic E-state index is 0.936. The maximum atomic E-state index is 4.57. The standard InChI is InChI=1S/C12H11N3S/c1-9-8-16-12-13-11(7-15(12)14-9)10-5-3-2-4-6-10/h2-7H,8H2,1H3. The molecule has 0 saturated heterocycles. The Bertz CT molecular complexity index is 543. The fourth-order valence-corrected chi connectivity index (χ4v) is 2.44. The minimum Gasteiger partial charge on any atom is -0.221 e. The summed E-state index contributed by atoms with van der Waals surface area (Å²) in [4.78, 5) is 4.57. The average Bonchev–Trinajstić information content (AvgIpc) is 2.73. The molecule has 4 heteroatoms. The van der Waals surface area contributed by atoms with E-state index < -0.39 is 0 Å². The van der Waals surface area contributed by atoms with Crippen LogP contribution in [0, 0.1) is 0 Å². The predicted octanol–water partition coefficient (Wildman–Crippen LogP) is 2.88. The first-order valence-electron chi connectivity index (χ1n) is 5.15. The van der Waals surface area contributed by atoms with Crippen molar-refractivity contribution in [3.05, 3.63) is 36.5 Å². The number of rotatable bonds is 1. The van der Waals surface area contributed by atoms with E-state index in [0.29, 0.717) is 0 Å². The van der Waals surface area contributed by atoms with Gasteiger partial charge in [0, 0.05) is 17.0 Å². The van der Waals surface area contributed by atoms with Gasteiger partial charge in [0.25, 0.3) is 0 Å². The highest BCUT2D eigenvalue weighted by molar-refractivity contribution is 7.99. The van der Waals surface area contributed by atoms with Crippen LogP contribution in [0.1, 0.15) is 6.92 Å². The third kappa shape index (κ3) is 1.65. The zero-order chi connectivity index (χ0) is 11.0. The van der Waals surface area contributed by atoms with E-state index in [4.69, 9.17) is 0 Å². The lowest BCUT2D eigenvalue weighted by molar-refractivity contribution is 0.756. The Morgan fingerprint density at radius 1 is 1.25 bits per heavy atom. The second-order valence-electron chi connectivity index (χ2n) is 3.74. The summed E-state index contributed by atoms with van der Waals surface area (Å²) < 4.78 is 1.87. The molecule has 2 aromatic rings. The van der Waals surface area contributed by atoms with E-state index in [2.05, 4.69) is 22.2 Å². The second kappa shape index (κ2) is 3.79. The number of thioether (sulfide) groups is 1. The molecule has 0 spiro atoms. The summed E-state index contributed by atoms with van der Waals surface area (Å²) in [5, 5.41) is 5.42. The first-order valence-corrected chi connectivity index (χ1v) is 6.13. The van der Waals surface area contributed by atoms with Gasteiger partial charge in [-0.3, -0.25) is 0 Å². The molecule has 2 heterocycles. The zero-order valence-corrected chi connectivity index (χ0v) is 9.74. The summed E-state index contributed by atoms with van der Waals surface area (Å²) in [6.07, 6.45) is 1.99. The molecule has 3 rings (SSSR count). The van der Waals surface area contributed by atoms with Gasteiger partial charge in [-0.1, -0.05) is 42.1 Å². The molecule has 0 unspecified atom stereocenters. The molecule has 1 aromatic heterocycles. The van der Waals surface area contributed by atoms with Crippen molar-refractivity contribution < 1.29 is 0 Å². The largest absolute Gasteiger partial charge is 0.221 e. The Hall–Kier alpha value is -1.55. The topological polar surface area (TPSA) is 30.2 Å². The van der Waals surface area contributed by atoms with Gasteiger partial charge in [-0.25, -0.2) is 9.66 Å². The third-order valence-electron chi connectivity index (χ3n) is 2.41. The van der Waals surface area contributed by atoms with Crippen molar-refractivity contribution >= 4 is 17.5 Å². The van der Waals surface area contributed by atoms with Crippen LogP contribution < -0.4 is 0 Å². The van der Waals surface area contributed by atoms with E-state index in [1.807, 2.05) is 36.0 Å². The lowest BCUT2D eigenvalue weighted by Gasteiger charge is -2.07. The lowest BCUT2D eigenvalue weighted by atomic mass is 10.2. The molecule has 1 aliphatic heterocycles. The second-order valence-corrected chi connectivity index (χ2v) is 4.69. The van der Waals surface area contributed by atoms with Crippen molar-refractivity contribution in [3.8, 4) is 11.3 Å². The van der Waals surface area contributed by atoms with Gasteiger partial charge in [0.05, 0.1) is 11.9 Å². The van der Waals surface area contributed by atoms with E-state index >= 15 is 0 Å². The van der Waals surface area contributed by atoms with Crippen LogP contribution in [-0.2, 0) is 0 Å². The van der Waals surface area contributed by atoms with Crippen LogP contribution in [0.25, 0.3) is 11.3 Å². The van der Waals surface area contributed by atoms with Crippen molar-refractivity contribution in [1.29, 1.82) is 0 Å². The molecule has 0 aliphatic carbocycles. The fraction of sp³-hybridized carbons (Fsp3) is 0.167. The van der Waals surface area contributed by atoms with Crippen molar-refractivity contribution in [3.63, 3.8) is 0 Å². The normalized spacial score (nSPS) is 14.4. The molecule has 0 radical (unpaired) electrons. The average molecular weight is 229 g/mol. The molecule has 0 fully saturated rings. The molecule has 1 aromatic carbocycles. The quantitative estimate of drug-likeness (QED) is 0.752. The van der Waals surface area contributed by atoms with Gasteiger partial charge >= 0.3 is 0 Å². The van der Waals surface area contributed by atoms with Gasteiger partial charge in [-0.15, -0.1) is 0 Å². The van der Waals surface area contributed by atoms with Gasteiger partial charge in [-0.05, 0) is 6.92 Å². The zero-order valence-electron chi connectivity index (χ0n) is 8.92. The predicted molar refractivity (Wildman–Crippen MR) is 66.9 cm³/mol. The summed E-state index contributed by atoms with van der Waals surface area (Å²) in [6, 6.07) is 10.2. The number of fused-ring (bicyclic) bond motifs is 1. The van der Waals surface area contributed by atoms with Crippen LogP contribution in [0.4, 0.5) is 0 Å². The van der Waals surface area contributed by atoms with Gasteiger partial charge in [0.1, 0.15) is 0 Å². The number of hydrogen-bond donors (Lipinski definition) is 0. The first-order chi connectivity index (χ1) is 7.83. The number of imidazole rings is 1. The Labute approximate surface area is 98.2 Å². The molecular weight excluding hydrogens is 218 g/mol. The lowest BCUT2D eigenvalue weighted by Crippen LogP contribution is -2.06. The number of nitrogens with zero attached hydrogens (tertiary/aromatic N) is 3. The van der Waals surface area contributed by atoms with E-state index in [1.54, 1.807) is 11.8 Å². The van der Waals surface area contributed by atoms with E-state index in [1.165, 1.54) is 0 Å².